The molecule has 0 saturated carbocycles. The predicted octanol–water partition coefficient (Wildman–Crippen LogP) is 4.62. The van der Waals surface area contributed by atoms with Crippen molar-refractivity contribution in [2.75, 3.05) is 18.0 Å². The van der Waals surface area contributed by atoms with E-state index < -0.39 is 6.04 Å². The number of hydrogen-bond acceptors (Lipinski definition) is 4. The van der Waals surface area contributed by atoms with Crippen LogP contribution in [0, 0.1) is 10.1 Å². The summed E-state index contributed by atoms with van der Waals surface area (Å²) in [5.74, 6) is 0. The minimum atomic E-state index is -0.522. The number of fused-ring (bicyclic) bond motifs is 1. The van der Waals surface area contributed by atoms with Crippen LogP contribution >= 0.6 is 0 Å². The first-order chi connectivity index (χ1) is 14.0. The molecule has 0 spiro atoms. The number of aryl methyl sites for hydroxylation is 1. The zero-order chi connectivity index (χ0) is 21.6. The van der Waals surface area contributed by atoms with Crippen LogP contribution in [0.15, 0.2) is 48.5 Å². The topological polar surface area (TPSA) is 83.7 Å². The molecule has 0 fully saturated rings. The van der Waals surface area contributed by atoms with Crippen molar-refractivity contribution in [3.8, 4) is 0 Å². The predicted molar refractivity (Wildman–Crippen MR) is 117 cm³/mol. The zero-order valence-corrected chi connectivity index (χ0v) is 17.6. The van der Waals surface area contributed by atoms with Gasteiger partial charge in [0.15, 0.2) is 0 Å². The Kier molecular flexibility index (Phi) is 11.1. The molecular weight excluding hydrogens is 368 g/mol. The lowest BCUT2D eigenvalue weighted by atomic mass is 10.0. The maximum Gasteiger partial charge on any atom is 0.290 e. The van der Waals surface area contributed by atoms with E-state index in [1.54, 1.807) is 6.92 Å². The zero-order valence-electron chi connectivity index (χ0n) is 17.6. The molecule has 0 aliphatic carbocycles. The number of nitrogens with zero attached hydrogens (tertiary/aromatic N) is 2. The van der Waals surface area contributed by atoms with Crippen LogP contribution in [0.1, 0.15) is 43.9 Å². The maximum atomic E-state index is 10.8. The average molecular weight is 401 g/mol. The lowest BCUT2D eigenvalue weighted by molar-refractivity contribution is -0.517. The second-order valence-corrected chi connectivity index (χ2v) is 6.73. The van der Waals surface area contributed by atoms with Gasteiger partial charge in [-0.2, -0.15) is 0 Å². The Morgan fingerprint density at radius 1 is 1.17 bits per heavy atom. The molecule has 1 heterocycles. The molecule has 3 rings (SSSR count). The van der Waals surface area contributed by atoms with Crippen LogP contribution < -0.4 is 4.90 Å². The Bertz CT molecular complexity index is 750. The van der Waals surface area contributed by atoms with Gasteiger partial charge in [0.1, 0.15) is 0 Å². The summed E-state index contributed by atoms with van der Waals surface area (Å²) in [6.07, 6.45) is 3.80. The molecule has 1 aliphatic rings. The van der Waals surface area contributed by atoms with E-state index in [4.69, 9.17) is 9.90 Å². The third-order valence-electron chi connectivity index (χ3n) is 4.76. The molecule has 29 heavy (non-hydrogen) atoms. The van der Waals surface area contributed by atoms with Crippen molar-refractivity contribution in [2.45, 2.75) is 52.5 Å². The summed E-state index contributed by atoms with van der Waals surface area (Å²) < 4.78 is 0. The Morgan fingerprint density at radius 3 is 2.45 bits per heavy atom. The Morgan fingerprint density at radius 2 is 1.83 bits per heavy atom. The van der Waals surface area contributed by atoms with Crippen molar-refractivity contribution in [3.63, 3.8) is 0 Å². The van der Waals surface area contributed by atoms with Gasteiger partial charge in [0, 0.05) is 37.0 Å². The standard InChI is InChI=1S/C20H24N2O2.C2H6.CH2O2/c1-16(22(23)24)14-18-9-10-20-19(15-18)11-13-21(20)12-5-8-17-6-3-2-4-7-17;1-2;2-1-3/h2-4,6-7,9-10,15-16H,5,8,11-14H2,1H3;1-2H3;1H,(H,2,3). The highest BCUT2D eigenvalue weighted by Gasteiger charge is 2.20. The molecular formula is C23H32N2O4. The molecule has 0 radical (unpaired) electrons. The average Bonchev–Trinajstić information content (AvgIpc) is 3.13. The van der Waals surface area contributed by atoms with Gasteiger partial charge in [-0.15, -0.1) is 0 Å². The lowest BCUT2D eigenvalue weighted by Gasteiger charge is -2.19. The van der Waals surface area contributed by atoms with E-state index in [0.29, 0.717) is 6.42 Å². The number of hydrogen-bond donors (Lipinski definition) is 1. The van der Waals surface area contributed by atoms with Gasteiger partial charge < -0.3 is 10.0 Å². The first-order valence-electron chi connectivity index (χ1n) is 10.2. The van der Waals surface area contributed by atoms with Gasteiger partial charge in [0.25, 0.3) is 6.47 Å². The normalized spacial score (nSPS) is 12.6. The first kappa shape index (κ1) is 24.1. The van der Waals surface area contributed by atoms with E-state index in [0.717, 1.165) is 37.9 Å². The number of benzene rings is 2. The van der Waals surface area contributed by atoms with E-state index in [-0.39, 0.29) is 11.4 Å². The molecule has 0 saturated heterocycles. The van der Waals surface area contributed by atoms with Gasteiger partial charge in [-0.25, -0.2) is 0 Å². The second-order valence-electron chi connectivity index (χ2n) is 6.73. The molecule has 0 aromatic heterocycles. The van der Waals surface area contributed by atoms with Crippen LogP contribution in [0.5, 0.6) is 0 Å². The fourth-order valence-corrected chi connectivity index (χ4v) is 3.42. The van der Waals surface area contributed by atoms with Crippen molar-refractivity contribution in [1.82, 2.24) is 0 Å². The number of anilines is 1. The number of rotatable bonds is 7. The monoisotopic (exact) mass is 400 g/mol. The van der Waals surface area contributed by atoms with E-state index in [1.807, 2.05) is 19.9 Å². The molecule has 0 amide bonds. The van der Waals surface area contributed by atoms with Gasteiger partial charge >= 0.3 is 0 Å². The highest BCUT2D eigenvalue weighted by molar-refractivity contribution is 5.59. The van der Waals surface area contributed by atoms with Crippen LogP contribution in [0.2, 0.25) is 0 Å². The summed E-state index contributed by atoms with van der Waals surface area (Å²) in [6, 6.07) is 16.4. The van der Waals surface area contributed by atoms with Crippen molar-refractivity contribution in [1.29, 1.82) is 0 Å². The molecule has 0 bridgehead atoms. The van der Waals surface area contributed by atoms with Crippen LogP contribution in [-0.4, -0.2) is 35.6 Å². The Labute approximate surface area is 173 Å². The van der Waals surface area contributed by atoms with Crippen LogP contribution in [0.25, 0.3) is 0 Å². The summed E-state index contributed by atoms with van der Waals surface area (Å²) in [4.78, 5) is 21.4. The summed E-state index contributed by atoms with van der Waals surface area (Å²) in [5, 5.41) is 17.7. The lowest BCUT2D eigenvalue weighted by Crippen LogP contribution is -2.22. The molecule has 6 heteroatoms. The summed E-state index contributed by atoms with van der Waals surface area (Å²) in [7, 11) is 0. The Balaban J connectivity index is 0.000000771. The Hall–Kier alpha value is -2.89. The number of carboxylic acid groups (broad SMARTS) is 1. The molecule has 2 aromatic rings. The highest BCUT2D eigenvalue weighted by atomic mass is 16.6. The third-order valence-corrected chi connectivity index (χ3v) is 4.76. The van der Waals surface area contributed by atoms with E-state index in [2.05, 4.69) is 47.4 Å². The highest BCUT2D eigenvalue weighted by Crippen LogP contribution is 2.29. The minimum Gasteiger partial charge on any atom is -0.483 e. The third kappa shape index (κ3) is 7.94. The summed E-state index contributed by atoms with van der Waals surface area (Å²) in [5.41, 5.74) is 5.11. The quantitative estimate of drug-likeness (QED) is 0.417. The summed E-state index contributed by atoms with van der Waals surface area (Å²) in [6.45, 7) is 7.54. The van der Waals surface area contributed by atoms with Gasteiger partial charge in [0.2, 0.25) is 6.04 Å². The fourth-order valence-electron chi connectivity index (χ4n) is 3.42. The molecule has 1 aliphatic heterocycles. The van der Waals surface area contributed by atoms with Gasteiger partial charge in [-0.1, -0.05) is 56.3 Å². The largest absolute Gasteiger partial charge is 0.483 e. The smallest absolute Gasteiger partial charge is 0.290 e. The number of nitro groups is 1. The molecule has 1 unspecified atom stereocenters. The van der Waals surface area contributed by atoms with Gasteiger partial charge in [-0.05, 0) is 42.0 Å². The maximum absolute atomic E-state index is 10.8. The van der Waals surface area contributed by atoms with Crippen molar-refractivity contribution < 1.29 is 14.8 Å². The summed E-state index contributed by atoms with van der Waals surface area (Å²) >= 11 is 0. The minimum absolute atomic E-state index is 0.205. The SMILES string of the molecule is CC.CC(Cc1ccc2c(c1)CCN2CCCc1ccccc1)[N+](=O)[O-].O=CO. The molecule has 158 valence electrons. The van der Waals surface area contributed by atoms with E-state index >= 15 is 0 Å². The van der Waals surface area contributed by atoms with Crippen LogP contribution in [-0.2, 0) is 24.1 Å². The van der Waals surface area contributed by atoms with Gasteiger partial charge in [0.05, 0.1) is 0 Å². The van der Waals surface area contributed by atoms with Crippen LogP contribution in [0.3, 0.4) is 0 Å². The second kappa shape index (κ2) is 13.3. The van der Waals surface area contributed by atoms with Gasteiger partial charge in [-0.3, -0.25) is 14.9 Å². The number of carbonyl (C=O) groups is 1. The van der Waals surface area contributed by atoms with Crippen LogP contribution in [0.4, 0.5) is 5.69 Å². The first-order valence-corrected chi connectivity index (χ1v) is 10.2. The fraction of sp³-hybridized carbons (Fsp3) is 0.435. The van der Waals surface area contributed by atoms with E-state index in [9.17, 15) is 10.1 Å². The van der Waals surface area contributed by atoms with Crippen molar-refractivity contribution in [3.05, 3.63) is 75.3 Å². The molecule has 1 atom stereocenters. The van der Waals surface area contributed by atoms with Crippen molar-refractivity contribution in [2.24, 2.45) is 0 Å². The van der Waals surface area contributed by atoms with E-state index in [1.165, 1.54) is 16.8 Å². The van der Waals surface area contributed by atoms with Crippen molar-refractivity contribution >= 4 is 12.2 Å². The molecule has 6 nitrogen and oxygen atoms in total. The molecule has 2 aromatic carbocycles. The molecule has 1 N–H and O–H groups in total.